The molecular weight excluding hydrogens is 354 g/mol. The number of carboxylic acid groups (broad SMARTS) is 1. The molecule has 0 spiro atoms. The van der Waals surface area contributed by atoms with Gasteiger partial charge in [0.25, 0.3) is 0 Å². The van der Waals surface area contributed by atoms with E-state index in [1.54, 1.807) is 0 Å². The van der Waals surface area contributed by atoms with E-state index in [9.17, 15) is 9.90 Å². The summed E-state index contributed by atoms with van der Waals surface area (Å²) in [5.74, 6) is -0.590. The lowest BCUT2D eigenvalue weighted by molar-refractivity contribution is -0.145. The Bertz CT molecular complexity index is 904. The Balaban J connectivity index is 1.84. The van der Waals surface area contributed by atoms with Crippen LogP contribution in [0.15, 0.2) is 54.6 Å². The Labute approximate surface area is 165 Å². The number of ether oxygens (including phenoxy) is 1. The van der Waals surface area contributed by atoms with Crippen molar-refractivity contribution in [2.75, 3.05) is 19.6 Å². The second-order valence-corrected chi connectivity index (χ2v) is 6.73. The molecule has 1 aromatic heterocycles. The number of hydrogen-bond acceptors (Lipinski definition) is 4. The van der Waals surface area contributed by atoms with Crippen LogP contribution in [0.4, 0.5) is 0 Å². The molecule has 6 heteroatoms. The van der Waals surface area contributed by atoms with Crippen LogP contribution < -0.4 is 4.74 Å². The van der Waals surface area contributed by atoms with Crippen molar-refractivity contribution in [1.29, 1.82) is 0 Å². The van der Waals surface area contributed by atoms with E-state index in [1.807, 2.05) is 59.3 Å². The van der Waals surface area contributed by atoms with E-state index in [1.165, 1.54) is 0 Å². The van der Waals surface area contributed by atoms with Crippen LogP contribution in [0.2, 0.25) is 0 Å². The molecule has 1 N–H and O–H groups in total. The van der Waals surface area contributed by atoms with Crippen molar-refractivity contribution in [3.05, 3.63) is 60.2 Å². The highest BCUT2D eigenvalue weighted by atomic mass is 16.5. The maximum atomic E-state index is 11.7. The monoisotopic (exact) mass is 381 g/mol. The highest BCUT2D eigenvalue weighted by Crippen LogP contribution is 2.27. The summed E-state index contributed by atoms with van der Waals surface area (Å²) in [5.41, 5.74) is 2.05. The Kier molecular flexibility index (Phi) is 6.66. The molecule has 0 bridgehead atoms. The van der Waals surface area contributed by atoms with Crippen molar-refractivity contribution < 1.29 is 14.6 Å². The zero-order valence-electron chi connectivity index (χ0n) is 16.4. The van der Waals surface area contributed by atoms with Gasteiger partial charge in [0.2, 0.25) is 5.88 Å². The SMILES string of the molecule is CCN(CC)CCC(Oc1nn(Cc2ccccc2)c2ccccc12)C(=O)O. The molecule has 0 fully saturated rings. The van der Waals surface area contributed by atoms with Crippen molar-refractivity contribution in [1.82, 2.24) is 14.7 Å². The standard InChI is InChI=1S/C22H27N3O3/c1-3-24(4-2)15-14-20(22(26)27)28-21-18-12-8-9-13-19(18)25(23-21)16-17-10-6-5-7-11-17/h5-13,20H,3-4,14-16H2,1-2H3,(H,26,27). The summed E-state index contributed by atoms with van der Waals surface area (Å²) in [5, 5.41) is 15.0. The van der Waals surface area contributed by atoms with Crippen LogP contribution in [0.25, 0.3) is 10.9 Å². The van der Waals surface area contributed by atoms with Crippen molar-refractivity contribution in [2.24, 2.45) is 0 Å². The molecule has 28 heavy (non-hydrogen) atoms. The Morgan fingerprint density at radius 2 is 1.79 bits per heavy atom. The molecule has 3 rings (SSSR count). The number of aromatic nitrogens is 2. The fourth-order valence-corrected chi connectivity index (χ4v) is 3.27. The zero-order chi connectivity index (χ0) is 19.9. The van der Waals surface area contributed by atoms with Gasteiger partial charge in [0, 0.05) is 13.0 Å². The maximum absolute atomic E-state index is 11.7. The summed E-state index contributed by atoms with van der Waals surface area (Å²) in [4.78, 5) is 13.9. The second kappa shape index (κ2) is 9.37. The van der Waals surface area contributed by atoms with Crippen LogP contribution in [-0.4, -0.2) is 51.5 Å². The minimum atomic E-state index is -0.964. The molecule has 0 saturated carbocycles. The maximum Gasteiger partial charge on any atom is 0.345 e. The molecule has 1 atom stereocenters. The molecule has 1 unspecified atom stereocenters. The third kappa shape index (κ3) is 4.70. The van der Waals surface area contributed by atoms with Crippen LogP contribution in [0.1, 0.15) is 25.8 Å². The summed E-state index contributed by atoms with van der Waals surface area (Å²) >= 11 is 0. The largest absolute Gasteiger partial charge is 0.479 e. The van der Waals surface area contributed by atoms with Gasteiger partial charge in [-0.25, -0.2) is 4.79 Å². The molecule has 1 heterocycles. The lowest BCUT2D eigenvalue weighted by Crippen LogP contribution is -2.33. The van der Waals surface area contributed by atoms with E-state index in [0.717, 1.165) is 29.6 Å². The van der Waals surface area contributed by atoms with E-state index in [-0.39, 0.29) is 0 Å². The highest BCUT2D eigenvalue weighted by Gasteiger charge is 2.23. The first kappa shape index (κ1) is 19.9. The van der Waals surface area contributed by atoms with Crippen LogP contribution in [0.3, 0.4) is 0 Å². The van der Waals surface area contributed by atoms with E-state index in [0.29, 0.717) is 25.4 Å². The summed E-state index contributed by atoms with van der Waals surface area (Å²) in [6, 6.07) is 17.8. The summed E-state index contributed by atoms with van der Waals surface area (Å²) in [6.07, 6.45) is -0.513. The molecule has 0 aliphatic heterocycles. The van der Waals surface area contributed by atoms with Gasteiger partial charge in [0.1, 0.15) is 0 Å². The average molecular weight is 381 g/mol. The normalized spacial score (nSPS) is 12.4. The van der Waals surface area contributed by atoms with Gasteiger partial charge in [-0.3, -0.25) is 4.68 Å². The first-order valence-electron chi connectivity index (χ1n) is 9.73. The third-order valence-corrected chi connectivity index (χ3v) is 4.93. The number of nitrogens with zero attached hydrogens (tertiary/aromatic N) is 3. The summed E-state index contributed by atoms with van der Waals surface area (Å²) in [6.45, 7) is 7.18. The number of aliphatic carboxylic acids is 1. The summed E-state index contributed by atoms with van der Waals surface area (Å²) < 4.78 is 7.75. The van der Waals surface area contributed by atoms with Gasteiger partial charge < -0.3 is 14.7 Å². The predicted molar refractivity (Wildman–Crippen MR) is 110 cm³/mol. The molecule has 0 aliphatic rings. The number of para-hydroxylation sites is 1. The van der Waals surface area contributed by atoms with E-state index in [2.05, 4.69) is 23.8 Å². The molecule has 3 aromatic rings. The van der Waals surface area contributed by atoms with E-state index in [4.69, 9.17) is 4.74 Å². The highest BCUT2D eigenvalue weighted by molar-refractivity contribution is 5.85. The topological polar surface area (TPSA) is 67.6 Å². The smallest absolute Gasteiger partial charge is 0.345 e. The van der Waals surface area contributed by atoms with Gasteiger partial charge in [0.05, 0.1) is 17.4 Å². The molecule has 6 nitrogen and oxygen atoms in total. The van der Waals surface area contributed by atoms with Gasteiger partial charge in [-0.1, -0.05) is 56.3 Å². The van der Waals surface area contributed by atoms with Gasteiger partial charge in [0.15, 0.2) is 6.10 Å². The minimum Gasteiger partial charge on any atom is -0.479 e. The van der Waals surface area contributed by atoms with Crippen LogP contribution in [0, 0.1) is 0 Å². The third-order valence-electron chi connectivity index (χ3n) is 4.93. The number of rotatable bonds is 10. The van der Waals surface area contributed by atoms with Crippen molar-refractivity contribution in [2.45, 2.75) is 32.9 Å². The Hall–Kier alpha value is -2.86. The first-order chi connectivity index (χ1) is 13.6. The molecule has 2 aromatic carbocycles. The summed E-state index contributed by atoms with van der Waals surface area (Å²) in [7, 11) is 0. The fraction of sp³-hybridized carbons (Fsp3) is 0.364. The predicted octanol–water partition coefficient (Wildman–Crippen LogP) is 3.65. The number of carbonyl (C=O) groups is 1. The van der Waals surface area contributed by atoms with Gasteiger partial charge in [-0.2, -0.15) is 0 Å². The Morgan fingerprint density at radius 3 is 2.46 bits per heavy atom. The van der Waals surface area contributed by atoms with Crippen LogP contribution >= 0.6 is 0 Å². The van der Waals surface area contributed by atoms with E-state index >= 15 is 0 Å². The zero-order valence-corrected chi connectivity index (χ0v) is 16.4. The van der Waals surface area contributed by atoms with Gasteiger partial charge in [-0.15, -0.1) is 5.10 Å². The van der Waals surface area contributed by atoms with Crippen molar-refractivity contribution in [3.63, 3.8) is 0 Å². The molecule has 0 saturated heterocycles. The number of fused-ring (bicyclic) bond motifs is 1. The van der Waals surface area contributed by atoms with Crippen molar-refractivity contribution in [3.8, 4) is 5.88 Å². The quantitative estimate of drug-likeness (QED) is 0.581. The minimum absolute atomic E-state index is 0.374. The second-order valence-electron chi connectivity index (χ2n) is 6.73. The Morgan fingerprint density at radius 1 is 1.11 bits per heavy atom. The molecule has 0 amide bonds. The molecule has 0 aliphatic carbocycles. The first-order valence-corrected chi connectivity index (χ1v) is 9.73. The molecule has 0 radical (unpaired) electrons. The van der Waals surface area contributed by atoms with Gasteiger partial charge >= 0.3 is 5.97 Å². The average Bonchev–Trinajstić information content (AvgIpc) is 3.06. The fourth-order valence-electron chi connectivity index (χ4n) is 3.27. The van der Waals surface area contributed by atoms with Crippen LogP contribution in [-0.2, 0) is 11.3 Å². The van der Waals surface area contributed by atoms with Crippen LogP contribution in [0.5, 0.6) is 5.88 Å². The van der Waals surface area contributed by atoms with Crippen molar-refractivity contribution >= 4 is 16.9 Å². The number of hydrogen-bond donors (Lipinski definition) is 1. The van der Waals surface area contributed by atoms with E-state index < -0.39 is 12.1 Å². The van der Waals surface area contributed by atoms with Gasteiger partial charge in [-0.05, 0) is 30.8 Å². The lowest BCUT2D eigenvalue weighted by Gasteiger charge is -2.20. The number of benzene rings is 2. The molecular formula is C22H27N3O3. The lowest BCUT2D eigenvalue weighted by atomic mass is 10.2. The molecule has 148 valence electrons. The number of carboxylic acids is 1.